The van der Waals surface area contributed by atoms with Crippen molar-refractivity contribution in [2.45, 2.75) is 32.9 Å². The van der Waals surface area contributed by atoms with Gasteiger partial charge in [-0.1, -0.05) is 24.3 Å². The first kappa shape index (κ1) is 15.7. The average Bonchev–Trinajstić information content (AvgIpc) is 2.99. The van der Waals surface area contributed by atoms with Crippen molar-refractivity contribution in [1.29, 1.82) is 0 Å². The molecule has 2 rings (SSSR count). The number of ether oxygens (including phenoxy) is 1. The minimum atomic E-state index is -0.192. The molecule has 0 saturated carbocycles. The third-order valence-corrected chi connectivity index (χ3v) is 4.64. The number of rotatable bonds is 6. The molecule has 1 unspecified atom stereocenters. The number of carbonyl (C=O) groups excluding carboxylic acids is 1. The Kier molecular flexibility index (Phi) is 5.53. The topological polar surface area (TPSA) is 38.3 Å². The van der Waals surface area contributed by atoms with Crippen LogP contribution in [0.4, 0.5) is 0 Å². The lowest BCUT2D eigenvalue weighted by Crippen LogP contribution is -2.24. The molecule has 1 aromatic heterocycles. The first-order valence-corrected chi connectivity index (χ1v) is 7.88. The molecule has 112 valence electrons. The number of carbonyl (C=O) groups is 1. The molecule has 3 nitrogen and oxygen atoms in total. The fraction of sp³-hybridized carbons (Fsp3) is 0.353. The second kappa shape index (κ2) is 7.38. The van der Waals surface area contributed by atoms with Gasteiger partial charge in [0.2, 0.25) is 0 Å². The monoisotopic (exact) mass is 303 g/mol. The fourth-order valence-electron chi connectivity index (χ4n) is 2.37. The van der Waals surface area contributed by atoms with Crippen molar-refractivity contribution in [3.8, 4) is 0 Å². The zero-order valence-corrected chi connectivity index (χ0v) is 13.5. The molecule has 0 saturated heterocycles. The van der Waals surface area contributed by atoms with Gasteiger partial charge < -0.3 is 10.1 Å². The van der Waals surface area contributed by atoms with Crippen LogP contribution < -0.4 is 5.32 Å². The highest BCUT2D eigenvalue weighted by atomic mass is 32.1. The molecule has 0 radical (unpaired) electrons. The van der Waals surface area contributed by atoms with Crippen LogP contribution in [0.5, 0.6) is 0 Å². The summed E-state index contributed by atoms with van der Waals surface area (Å²) in [5, 5.41) is 5.52. The van der Waals surface area contributed by atoms with Crippen molar-refractivity contribution in [1.82, 2.24) is 5.32 Å². The van der Waals surface area contributed by atoms with E-state index in [9.17, 15) is 4.79 Å². The predicted molar refractivity (Wildman–Crippen MR) is 86.4 cm³/mol. The van der Waals surface area contributed by atoms with Crippen LogP contribution in [0, 0.1) is 13.8 Å². The van der Waals surface area contributed by atoms with Crippen LogP contribution >= 0.6 is 11.3 Å². The van der Waals surface area contributed by atoms with Crippen LogP contribution in [0.25, 0.3) is 0 Å². The van der Waals surface area contributed by atoms with Gasteiger partial charge in [0, 0.05) is 11.4 Å². The van der Waals surface area contributed by atoms with Crippen LogP contribution in [0.2, 0.25) is 0 Å². The van der Waals surface area contributed by atoms with Gasteiger partial charge in [-0.2, -0.15) is 0 Å². The summed E-state index contributed by atoms with van der Waals surface area (Å²) >= 11 is 1.66. The van der Waals surface area contributed by atoms with E-state index in [0.717, 1.165) is 11.4 Å². The van der Waals surface area contributed by atoms with E-state index in [1.54, 1.807) is 11.3 Å². The Balaban J connectivity index is 2.10. The molecule has 4 heteroatoms. The number of benzene rings is 1. The fourth-order valence-corrected chi connectivity index (χ4v) is 3.17. The number of nitrogens with one attached hydrogen (secondary N) is 1. The number of hydrogen-bond donors (Lipinski definition) is 1. The summed E-state index contributed by atoms with van der Waals surface area (Å²) in [6.45, 7) is 4.98. The maximum Gasteiger partial charge on any atom is 0.307 e. The third kappa shape index (κ3) is 4.16. The van der Waals surface area contributed by atoms with Gasteiger partial charge in [-0.3, -0.25) is 4.79 Å². The summed E-state index contributed by atoms with van der Waals surface area (Å²) in [6.07, 6.45) is 0.349. The molecule has 1 N–H and O–H groups in total. The first-order chi connectivity index (χ1) is 10.1. The lowest BCUT2D eigenvalue weighted by Gasteiger charge is -2.18. The number of esters is 1. The number of thiophene rings is 1. The number of hydrogen-bond acceptors (Lipinski definition) is 4. The van der Waals surface area contributed by atoms with Crippen LogP contribution in [0.1, 0.15) is 34.0 Å². The normalized spacial score (nSPS) is 12.1. The van der Waals surface area contributed by atoms with Crippen molar-refractivity contribution < 1.29 is 9.53 Å². The Morgan fingerprint density at radius 2 is 1.95 bits per heavy atom. The highest BCUT2D eigenvalue weighted by Gasteiger charge is 2.17. The van der Waals surface area contributed by atoms with Gasteiger partial charge in [-0.15, -0.1) is 11.3 Å². The number of methoxy groups -OCH3 is 1. The zero-order valence-electron chi connectivity index (χ0n) is 12.7. The molecule has 1 atom stereocenters. The molecular formula is C17H21NO2S. The van der Waals surface area contributed by atoms with Gasteiger partial charge >= 0.3 is 5.97 Å². The molecule has 1 aromatic carbocycles. The van der Waals surface area contributed by atoms with Crippen LogP contribution in [0.3, 0.4) is 0 Å². The minimum absolute atomic E-state index is 0.00328. The summed E-state index contributed by atoms with van der Waals surface area (Å²) in [5.74, 6) is -0.192. The Morgan fingerprint density at radius 1 is 1.24 bits per heavy atom. The van der Waals surface area contributed by atoms with E-state index in [1.165, 1.54) is 23.8 Å². The second-order valence-corrected chi connectivity index (χ2v) is 6.08. The summed E-state index contributed by atoms with van der Waals surface area (Å²) in [7, 11) is 1.43. The molecule has 0 amide bonds. The lowest BCUT2D eigenvalue weighted by atomic mass is 10.0. The SMILES string of the molecule is COC(=O)CC(NCc1c(C)cccc1C)c1cccs1. The molecule has 21 heavy (non-hydrogen) atoms. The van der Waals surface area contributed by atoms with E-state index < -0.39 is 0 Å². The smallest absolute Gasteiger partial charge is 0.307 e. The van der Waals surface area contributed by atoms with Gasteiger partial charge in [-0.25, -0.2) is 0 Å². The maximum absolute atomic E-state index is 11.6. The first-order valence-electron chi connectivity index (χ1n) is 7.00. The van der Waals surface area contributed by atoms with Crippen molar-refractivity contribution >= 4 is 17.3 Å². The van der Waals surface area contributed by atoms with Crippen molar-refractivity contribution in [2.24, 2.45) is 0 Å². The summed E-state index contributed by atoms with van der Waals surface area (Å²) in [5.41, 5.74) is 3.83. The van der Waals surface area contributed by atoms with Gasteiger partial charge in [-0.05, 0) is 42.0 Å². The largest absolute Gasteiger partial charge is 0.469 e. The quantitative estimate of drug-likeness (QED) is 0.826. The summed E-state index contributed by atoms with van der Waals surface area (Å²) in [6, 6.07) is 10.4. The standard InChI is InChI=1S/C17H21NO2S/c1-12-6-4-7-13(2)14(12)11-18-15(10-17(19)20-3)16-8-5-9-21-16/h4-9,15,18H,10-11H2,1-3H3. The van der Waals surface area contributed by atoms with E-state index >= 15 is 0 Å². The van der Waals surface area contributed by atoms with Crippen LogP contribution in [-0.4, -0.2) is 13.1 Å². The van der Waals surface area contributed by atoms with E-state index in [2.05, 4.69) is 43.4 Å². The Hall–Kier alpha value is -1.65. The summed E-state index contributed by atoms with van der Waals surface area (Å²) in [4.78, 5) is 12.8. The van der Waals surface area contributed by atoms with Crippen molar-refractivity contribution in [3.05, 3.63) is 57.3 Å². The Bertz CT molecular complexity index is 573. The van der Waals surface area contributed by atoms with Crippen LogP contribution in [-0.2, 0) is 16.1 Å². The highest BCUT2D eigenvalue weighted by Crippen LogP contribution is 2.24. The summed E-state index contributed by atoms with van der Waals surface area (Å²) < 4.78 is 4.80. The third-order valence-electron chi connectivity index (χ3n) is 3.65. The van der Waals surface area contributed by atoms with Crippen molar-refractivity contribution in [2.75, 3.05) is 7.11 Å². The van der Waals surface area contributed by atoms with Crippen molar-refractivity contribution in [3.63, 3.8) is 0 Å². The number of aryl methyl sites for hydroxylation is 2. The molecule has 0 aliphatic rings. The van der Waals surface area contributed by atoms with Gasteiger partial charge in [0.25, 0.3) is 0 Å². The Morgan fingerprint density at radius 3 is 2.52 bits per heavy atom. The molecule has 0 spiro atoms. The van der Waals surface area contributed by atoms with E-state index in [1.807, 2.05) is 11.4 Å². The van der Waals surface area contributed by atoms with E-state index in [0.29, 0.717) is 6.42 Å². The Labute approximate surface area is 130 Å². The molecule has 0 aliphatic heterocycles. The lowest BCUT2D eigenvalue weighted by molar-refractivity contribution is -0.141. The van der Waals surface area contributed by atoms with Gasteiger partial charge in [0.05, 0.1) is 19.6 Å². The predicted octanol–water partition coefficient (Wildman–Crippen LogP) is 3.76. The molecule has 0 fully saturated rings. The van der Waals surface area contributed by atoms with Gasteiger partial charge in [0.1, 0.15) is 0 Å². The maximum atomic E-state index is 11.6. The molecule has 0 aliphatic carbocycles. The highest BCUT2D eigenvalue weighted by molar-refractivity contribution is 7.10. The zero-order chi connectivity index (χ0) is 15.2. The molecule has 2 aromatic rings. The van der Waals surface area contributed by atoms with E-state index in [-0.39, 0.29) is 12.0 Å². The average molecular weight is 303 g/mol. The van der Waals surface area contributed by atoms with E-state index in [4.69, 9.17) is 4.74 Å². The molecule has 1 heterocycles. The molecule has 0 bridgehead atoms. The van der Waals surface area contributed by atoms with Crippen LogP contribution in [0.15, 0.2) is 35.7 Å². The molecular weight excluding hydrogens is 282 g/mol. The minimum Gasteiger partial charge on any atom is -0.469 e. The van der Waals surface area contributed by atoms with Gasteiger partial charge in [0.15, 0.2) is 0 Å². The second-order valence-electron chi connectivity index (χ2n) is 5.10.